The molecule has 39 heteroatoms. The fourth-order valence-corrected chi connectivity index (χ4v) is 15.9. The zero-order chi connectivity index (χ0) is 83.4. The number of rotatable bonds is 19. The Labute approximate surface area is 663 Å². The summed E-state index contributed by atoms with van der Waals surface area (Å²) in [5.41, 5.74) is 4.11. The van der Waals surface area contributed by atoms with E-state index in [0.717, 1.165) is 46.8 Å². The maximum atomic E-state index is 15.3. The third-order valence-electron chi connectivity index (χ3n) is 19.9. The second-order valence-corrected chi connectivity index (χ2v) is 31.8. The van der Waals surface area contributed by atoms with Gasteiger partial charge in [0.15, 0.2) is 11.4 Å². The van der Waals surface area contributed by atoms with E-state index in [-0.39, 0.29) is 50.6 Å². The lowest BCUT2D eigenvalue weighted by Gasteiger charge is -2.37. The number of likely N-dealkylation sites (N-methyl/N-ethyl adjacent to an activating group) is 4. The fraction of sp³-hybridized carbons (Fsp3) is 0.474. The van der Waals surface area contributed by atoms with E-state index in [2.05, 4.69) is 46.5 Å². The van der Waals surface area contributed by atoms with E-state index in [1.54, 1.807) is 76.2 Å². The van der Waals surface area contributed by atoms with E-state index >= 15 is 4.79 Å². The number of alkyl carbamates (subject to hydrolysis) is 2. The quantitative estimate of drug-likeness (QED) is 0.0326. The molecule has 1 aromatic heterocycles. The van der Waals surface area contributed by atoms with Crippen molar-refractivity contribution in [3.05, 3.63) is 132 Å². The van der Waals surface area contributed by atoms with Crippen molar-refractivity contribution in [1.82, 2.24) is 71.6 Å². The van der Waals surface area contributed by atoms with Gasteiger partial charge in [0.05, 0.1) is 38.3 Å². The molecule has 9 rings (SSSR count). The molecule has 5 aromatic rings. The van der Waals surface area contributed by atoms with Crippen LogP contribution in [0.2, 0.25) is 0 Å². The van der Waals surface area contributed by atoms with Crippen molar-refractivity contribution >= 4 is 104 Å². The number of phosphoric acid groups is 2. The number of amides is 13. The first-order chi connectivity index (χ1) is 54.7. The highest BCUT2D eigenvalue weighted by Gasteiger charge is 2.43. The van der Waals surface area contributed by atoms with Gasteiger partial charge in [-0.3, -0.25) is 57.3 Å². The molecule has 0 saturated carbocycles. The zero-order valence-electron chi connectivity index (χ0n) is 65.0. The minimum Gasteiger partial charge on any atom is -0.464 e. The molecule has 115 heavy (non-hydrogen) atoms. The Balaban J connectivity index is 0.906. The summed E-state index contributed by atoms with van der Waals surface area (Å²) in [6, 6.07) is 23.0. The molecule has 2 unspecified atom stereocenters. The standard InChI is InChI=1S/C76H98N14O23P2/c1-46(2)66-71(98)78-37-56(83-70(97)65-60(36-49-24-12-17-29-55(49)82-65)110-45-112-115(106,107)113-114(104,105)111-35-32-77-75(102)109-44-54-52-27-15-13-25-50(52)51-26-14-16-28-53(51)54)73(100)89-33-20-18-30-58(89)68(95)80-39-61(91)86(6)42-64(94)88(8)67(47(3)4)72(99)79-38-57(84-76(103)108-43-48-22-10-9-11-23-48)74(101)90-34-21-19-31-59(90)69(96)81-40-62(92)85(5)41-63(93)87(66)7/h9-17,22-29,36,46-47,54,56-59,66-67H,18-21,30-35,37-45H2,1-8H3,(H,77,102)(H,78,98)(H,79,99)(H,80,95)(H,81,96)(H,83,97)(H,84,103)(H,104,105)(H,106,107)/t56-,57-,58+,59+,66+,67+/m1/s1. The average Bonchev–Trinajstić information content (AvgIpc) is 1.60. The molecule has 3 saturated heterocycles. The Kier molecular flexibility index (Phi) is 30.9. The van der Waals surface area contributed by atoms with Gasteiger partial charge in [-0.25, -0.2) is 28.2 Å². The number of hydrogen-bond donors (Lipinski definition) is 9. The van der Waals surface area contributed by atoms with Crippen LogP contribution in [0.3, 0.4) is 0 Å². The zero-order valence-corrected chi connectivity index (χ0v) is 66.8. The van der Waals surface area contributed by atoms with E-state index in [1.165, 1.54) is 45.2 Å². The summed E-state index contributed by atoms with van der Waals surface area (Å²) in [5, 5.41) is 18.2. The molecule has 1 aliphatic carbocycles. The highest BCUT2D eigenvalue weighted by molar-refractivity contribution is 7.61. The predicted molar refractivity (Wildman–Crippen MR) is 412 cm³/mol. The third-order valence-corrected chi connectivity index (χ3v) is 22.5. The molecule has 0 spiro atoms. The van der Waals surface area contributed by atoms with Crippen molar-refractivity contribution < 1.29 is 109 Å². The summed E-state index contributed by atoms with van der Waals surface area (Å²) in [7, 11) is -5.90. The van der Waals surface area contributed by atoms with Crippen molar-refractivity contribution in [3.8, 4) is 16.9 Å². The van der Waals surface area contributed by atoms with Crippen LogP contribution in [0.25, 0.3) is 22.0 Å². The Morgan fingerprint density at radius 1 is 0.565 bits per heavy atom. The molecular formula is C76H98N14O23P2. The molecule has 0 bridgehead atoms. The molecule has 4 aromatic carbocycles. The van der Waals surface area contributed by atoms with E-state index in [9.17, 15) is 76.5 Å². The van der Waals surface area contributed by atoms with Crippen LogP contribution in [-0.4, -0.2) is 265 Å². The fourth-order valence-electron chi connectivity index (χ4n) is 13.9. The monoisotopic (exact) mass is 1640 g/mol. The number of nitrogens with one attached hydrogen (secondary N) is 7. The molecule has 13 amide bonds. The maximum absolute atomic E-state index is 15.3. The molecule has 0 radical (unpaired) electrons. The van der Waals surface area contributed by atoms with E-state index in [1.807, 2.05) is 48.5 Å². The lowest BCUT2D eigenvalue weighted by Crippen LogP contribution is -2.61. The van der Waals surface area contributed by atoms with E-state index in [4.69, 9.17) is 23.3 Å². The highest BCUT2D eigenvalue weighted by Crippen LogP contribution is 2.60. The van der Waals surface area contributed by atoms with Gasteiger partial charge >= 0.3 is 27.8 Å². The molecule has 4 aliphatic rings. The number of piperidine rings is 2. The first-order valence-electron chi connectivity index (χ1n) is 37.5. The van der Waals surface area contributed by atoms with E-state index < -0.39 is 212 Å². The van der Waals surface area contributed by atoms with Crippen LogP contribution in [0.5, 0.6) is 5.75 Å². The van der Waals surface area contributed by atoms with Gasteiger partial charge in [0.2, 0.25) is 65.9 Å². The van der Waals surface area contributed by atoms with Crippen LogP contribution in [0, 0.1) is 11.8 Å². The molecule has 4 heterocycles. The minimum absolute atomic E-state index is 0.0132. The van der Waals surface area contributed by atoms with Crippen LogP contribution in [0.4, 0.5) is 9.59 Å². The highest BCUT2D eigenvalue weighted by atomic mass is 31.3. The van der Waals surface area contributed by atoms with Gasteiger partial charge in [0, 0.05) is 72.2 Å². The van der Waals surface area contributed by atoms with Crippen LogP contribution < -0.4 is 42.0 Å². The Hall–Kier alpha value is -10.9. The molecule has 9 N–H and O–H groups in total. The first kappa shape index (κ1) is 88.0. The number of hydrogen-bond acceptors (Lipinski definition) is 22. The normalized spacial score (nSPS) is 21.7. The number of nitrogens with zero attached hydrogens (tertiary/aromatic N) is 7. The van der Waals surface area contributed by atoms with Crippen molar-refractivity contribution in [1.29, 1.82) is 0 Å². The second kappa shape index (κ2) is 40.4. The Morgan fingerprint density at radius 3 is 1.58 bits per heavy atom. The summed E-state index contributed by atoms with van der Waals surface area (Å²) in [6.07, 6.45) is -0.201. The number of benzene rings is 4. The van der Waals surface area contributed by atoms with Crippen molar-refractivity contribution in [2.75, 3.05) is 107 Å². The number of aromatic nitrogens is 1. The van der Waals surface area contributed by atoms with Crippen LogP contribution in [0.1, 0.15) is 99.3 Å². The second-order valence-electron chi connectivity index (χ2n) is 28.7. The van der Waals surface area contributed by atoms with Crippen molar-refractivity contribution in [2.24, 2.45) is 11.8 Å². The van der Waals surface area contributed by atoms with Crippen LogP contribution in [0.15, 0.2) is 109 Å². The molecule has 3 fully saturated rings. The summed E-state index contributed by atoms with van der Waals surface area (Å²) in [4.78, 5) is 217. The number of carbonyl (C=O) groups excluding carboxylic acids is 13. The average molecular weight is 1640 g/mol. The number of ether oxygens (including phenoxy) is 3. The molecule has 37 nitrogen and oxygen atoms in total. The minimum atomic E-state index is -5.61. The molecule has 620 valence electrons. The van der Waals surface area contributed by atoms with Gasteiger partial charge in [-0.2, -0.15) is 4.31 Å². The van der Waals surface area contributed by atoms with Crippen molar-refractivity contribution in [3.63, 3.8) is 0 Å². The number of para-hydroxylation sites is 1. The molecular weight excluding hydrogens is 1540 g/mol. The number of carbonyl (C=O) groups is 13. The molecule has 8 atom stereocenters. The SMILES string of the molecule is CC(C)[C@H]1C(=O)NC[C@@H](NC(=O)c2nc3ccccc3cc2OCOP(=O)(O)OP(=O)(O)OCCNC(=O)OCC2c3ccccc3-c3ccccc32)C(=O)N2CCCC[C@H]2C(=O)NCC(=O)N(C)CC(=O)N(C)[C@@H](C(C)C)C(=O)NC[C@@H](NC(=O)OCc2ccccc2)C(=O)N2CCCC[C@H]2C(=O)NCC(=O)N(C)CC(=O)N1C. The Bertz CT molecular complexity index is 4480. The maximum Gasteiger partial charge on any atom is 0.484 e. The lowest BCUT2D eigenvalue weighted by atomic mass is 9.98. The summed E-state index contributed by atoms with van der Waals surface area (Å²) < 4.78 is 57.0. The summed E-state index contributed by atoms with van der Waals surface area (Å²) in [6.45, 7) is -0.251. The van der Waals surface area contributed by atoms with Crippen LogP contribution >= 0.6 is 15.6 Å². The molecule has 3 aliphatic heterocycles. The first-order valence-corrected chi connectivity index (χ1v) is 40.5. The largest absolute Gasteiger partial charge is 0.484 e. The summed E-state index contributed by atoms with van der Waals surface area (Å²) >= 11 is 0. The van der Waals surface area contributed by atoms with Crippen LogP contribution in [-0.2, 0) is 86.5 Å². The lowest BCUT2D eigenvalue weighted by molar-refractivity contribution is -0.146. The van der Waals surface area contributed by atoms with Gasteiger partial charge in [-0.15, -0.1) is 0 Å². The van der Waals surface area contributed by atoms with Gasteiger partial charge in [-0.05, 0) is 90.3 Å². The summed E-state index contributed by atoms with van der Waals surface area (Å²) in [5.74, 6) is -11.3. The van der Waals surface area contributed by atoms with Gasteiger partial charge in [-0.1, -0.05) is 125 Å². The number of pyridine rings is 1. The number of fused-ring (bicyclic) bond motifs is 6. The smallest absolute Gasteiger partial charge is 0.464 e. The third kappa shape index (κ3) is 23.6. The van der Waals surface area contributed by atoms with E-state index in [0.29, 0.717) is 36.6 Å². The van der Waals surface area contributed by atoms with Gasteiger partial charge in [0.25, 0.3) is 5.91 Å². The predicted octanol–water partition coefficient (Wildman–Crippen LogP) is 2.88. The van der Waals surface area contributed by atoms with Crippen molar-refractivity contribution in [2.45, 2.75) is 115 Å². The topological polar surface area (TPSA) is 468 Å². The Morgan fingerprint density at radius 2 is 1.05 bits per heavy atom. The van der Waals surface area contributed by atoms with Gasteiger partial charge in [0.1, 0.15) is 49.5 Å². The number of phosphoric ester groups is 2. The van der Waals surface area contributed by atoms with Gasteiger partial charge < -0.3 is 90.6 Å².